The van der Waals surface area contributed by atoms with Gasteiger partial charge in [-0.05, 0) is 18.9 Å². The van der Waals surface area contributed by atoms with Crippen molar-refractivity contribution in [2.45, 2.75) is 33.2 Å². The molecule has 2 aromatic heterocycles. The summed E-state index contributed by atoms with van der Waals surface area (Å²) in [5.74, 6) is 1.35. The second kappa shape index (κ2) is 6.17. The van der Waals surface area contributed by atoms with Gasteiger partial charge in [0.2, 0.25) is 5.95 Å². The summed E-state index contributed by atoms with van der Waals surface area (Å²) < 4.78 is 0. The molecule has 0 unspecified atom stereocenters. The largest absolute Gasteiger partial charge is 0.335 e. The standard InChI is InChI=1S/C13H18N6/c1-4-10-11(5-2)17-18-13(16-10)19(3)9-12-14-7-6-8-15-12/h6-8H,4-5,9H2,1-3H3. The van der Waals surface area contributed by atoms with Crippen LogP contribution < -0.4 is 4.90 Å². The smallest absolute Gasteiger partial charge is 0.245 e. The monoisotopic (exact) mass is 258 g/mol. The van der Waals surface area contributed by atoms with E-state index in [1.165, 1.54) is 0 Å². The quantitative estimate of drug-likeness (QED) is 0.808. The number of anilines is 1. The fourth-order valence-electron chi connectivity index (χ4n) is 1.78. The molecule has 0 aliphatic carbocycles. The van der Waals surface area contributed by atoms with E-state index in [9.17, 15) is 0 Å². The summed E-state index contributed by atoms with van der Waals surface area (Å²) in [6.07, 6.45) is 5.18. The molecule has 100 valence electrons. The van der Waals surface area contributed by atoms with Crippen molar-refractivity contribution in [3.63, 3.8) is 0 Å². The lowest BCUT2D eigenvalue weighted by atomic mass is 10.2. The average molecular weight is 258 g/mol. The molecule has 19 heavy (non-hydrogen) atoms. The maximum Gasteiger partial charge on any atom is 0.245 e. The van der Waals surface area contributed by atoms with Crippen molar-refractivity contribution in [2.24, 2.45) is 0 Å². The molecular formula is C13H18N6. The van der Waals surface area contributed by atoms with Gasteiger partial charge in [-0.25, -0.2) is 15.0 Å². The van der Waals surface area contributed by atoms with E-state index in [1.807, 2.05) is 11.9 Å². The van der Waals surface area contributed by atoms with Crippen LogP contribution in [0.4, 0.5) is 5.95 Å². The van der Waals surface area contributed by atoms with E-state index in [0.717, 1.165) is 30.1 Å². The molecule has 0 N–H and O–H groups in total. The van der Waals surface area contributed by atoms with Crippen LogP contribution in [0.5, 0.6) is 0 Å². The number of aryl methyl sites for hydroxylation is 2. The average Bonchev–Trinajstić information content (AvgIpc) is 2.47. The minimum atomic E-state index is 0.567. The minimum Gasteiger partial charge on any atom is -0.335 e. The molecule has 6 nitrogen and oxygen atoms in total. The second-order valence-electron chi connectivity index (χ2n) is 4.23. The molecule has 0 aromatic carbocycles. The molecule has 0 aliphatic heterocycles. The van der Waals surface area contributed by atoms with Gasteiger partial charge in [-0.2, -0.15) is 5.10 Å². The van der Waals surface area contributed by atoms with E-state index in [1.54, 1.807) is 18.5 Å². The van der Waals surface area contributed by atoms with Crippen LogP contribution in [0.3, 0.4) is 0 Å². The highest BCUT2D eigenvalue weighted by Gasteiger charge is 2.11. The fraction of sp³-hybridized carbons (Fsp3) is 0.462. The highest BCUT2D eigenvalue weighted by atomic mass is 15.3. The molecule has 0 aliphatic rings. The first-order valence-corrected chi connectivity index (χ1v) is 6.44. The van der Waals surface area contributed by atoms with E-state index in [0.29, 0.717) is 12.5 Å². The van der Waals surface area contributed by atoms with Gasteiger partial charge in [0, 0.05) is 19.4 Å². The van der Waals surface area contributed by atoms with Gasteiger partial charge in [-0.3, -0.25) is 0 Å². The first-order valence-electron chi connectivity index (χ1n) is 6.44. The Bertz CT molecular complexity index is 528. The molecule has 6 heteroatoms. The zero-order chi connectivity index (χ0) is 13.7. The minimum absolute atomic E-state index is 0.567. The highest BCUT2D eigenvalue weighted by molar-refractivity contribution is 5.29. The Labute approximate surface area is 113 Å². The second-order valence-corrected chi connectivity index (χ2v) is 4.23. The van der Waals surface area contributed by atoms with Gasteiger partial charge in [0.25, 0.3) is 0 Å². The van der Waals surface area contributed by atoms with Crippen LogP contribution in [0, 0.1) is 0 Å². The molecule has 2 aromatic rings. The molecule has 0 bridgehead atoms. The number of hydrogen-bond acceptors (Lipinski definition) is 6. The Morgan fingerprint density at radius 3 is 2.32 bits per heavy atom. The molecule has 0 amide bonds. The van der Waals surface area contributed by atoms with E-state index < -0.39 is 0 Å². The van der Waals surface area contributed by atoms with Gasteiger partial charge in [-0.1, -0.05) is 13.8 Å². The predicted octanol–water partition coefficient (Wildman–Crippen LogP) is 1.42. The molecule has 0 saturated heterocycles. The first kappa shape index (κ1) is 13.3. The number of hydrogen-bond donors (Lipinski definition) is 0. The first-order chi connectivity index (χ1) is 9.24. The van der Waals surface area contributed by atoms with E-state index in [-0.39, 0.29) is 0 Å². The van der Waals surface area contributed by atoms with Crippen LogP contribution in [0.25, 0.3) is 0 Å². The number of aromatic nitrogens is 5. The van der Waals surface area contributed by atoms with Crippen molar-refractivity contribution in [1.29, 1.82) is 0 Å². The molecule has 2 heterocycles. The summed E-state index contributed by atoms with van der Waals surface area (Å²) in [7, 11) is 1.92. The zero-order valence-electron chi connectivity index (χ0n) is 11.5. The predicted molar refractivity (Wildman–Crippen MR) is 72.7 cm³/mol. The summed E-state index contributed by atoms with van der Waals surface area (Å²) in [6.45, 7) is 4.70. The maximum atomic E-state index is 4.55. The van der Waals surface area contributed by atoms with Crippen LogP contribution in [0.15, 0.2) is 18.5 Å². The van der Waals surface area contributed by atoms with Crippen molar-refractivity contribution >= 4 is 5.95 Å². The van der Waals surface area contributed by atoms with Crippen molar-refractivity contribution in [3.8, 4) is 0 Å². The van der Waals surface area contributed by atoms with Gasteiger partial charge < -0.3 is 4.90 Å². The third-order valence-corrected chi connectivity index (χ3v) is 2.84. The molecular weight excluding hydrogens is 240 g/mol. The fourth-order valence-corrected chi connectivity index (χ4v) is 1.78. The molecule has 0 atom stereocenters. The Morgan fingerprint density at radius 2 is 1.68 bits per heavy atom. The van der Waals surface area contributed by atoms with Crippen LogP contribution in [0.2, 0.25) is 0 Å². The summed E-state index contributed by atoms with van der Waals surface area (Å²) in [4.78, 5) is 14.8. The van der Waals surface area contributed by atoms with Gasteiger partial charge >= 0.3 is 0 Å². The van der Waals surface area contributed by atoms with Crippen molar-refractivity contribution in [1.82, 2.24) is 25.1 Å². The van der Waals surface area contributed by atoms with E-state index >= 15 is 0 Å². The van der Waals surface area contributed by atoms with Crippen LogP contribution in [0.1, 0.15) is 31.1 Å². The lowest BCUT2D eigenvalue weighted by molar-refractivity contribution is 0.752. The van der Waals surface area contributed by atoms with Gasteiger partial charge in [0.05, 0.1) is 17.9 Å². The summed E-state index contributed by atoms with van der Waals surface area (Å²) in [5, 5.41) is 8.40. The lowest BCUT2D eigenvalue weighted by Crippen LogP contribution is -2.22. The van der Waals surface area contributed by atoms with Crippen molar-refractivity contribution in [3.05, 3.63) is 35.7 Å². The normalized spacial score (nSPS) is 10.5. The van der Waals surface area contributed by atoms with Gasteiger partial charge in [0.15, 0.2) is 0 Å². The molecule has 2 rings (SSSR count). The van der Waals surface area contributed by atoms with Gasteiger partial charge in [-0.15, -0.1) is 5.10 Å². The Balaban J connectivity index is 2.17. The third kappa shape index (κ3) is 3.21. The number of nitrogens with zero attached hydrogens (tertiary/aromatic N) is 6. The number of rotatable bonds is 5. The molecule has 0 spiro atoms. The maximum absolute atomic E-state index is 4.55. The van der Waals surface area contributed by atoms with Crippen LogP contribution in [-0.4, -0.2) is 32.2 Å². The molecule has 0 radical (unpaired) electrons. The Hall–Kier alpha value is -2.11. The van der Waals surface area contributed by atoms with Crippen LogP contribution >= 0.6 is 0 Å². The van der Waals surface area contributed by atoms with Crippen molar-refractivity contribution in [2.75, 3.05) is 11.9 Å². The summed E-state index contributed by atoms with van der Waals surface area (Å²) in [6, 6.07) is 1.80. The topological polar surface area (TPSA) is 67.7 Å². The van der Waals surface area contributed by atoms with Gasteiger partial charge in [0.1, 0.15) is 5.82 Å². The lowest BCUT2D eigenvalue weighted by Gasteiger charge is -2.16. The Kier molecular flexibility index (Phi) is 4.33. The molecule has 0 fully saturated rings. The summed E-state index contributed by atoms with van der Waals surface area (Å²) in [5.41, 5.74) is 1.98. The van der Waals surface area contributed by atoms with Crippen LogP contribution in [-0.2, 0) is 19.4 Å². The highest BCUT2D eigenvalue weighted by Crippen LogP contribution is 2.11. The zero-order valence-corrected chi connectivity index (χ0v) is 11.5. The third-order valence-electron chi connectivity index (χ3n) is 2.84. The van der Waals surface area contributed by atoms with E-state index in [2.05, 4.69) is 39.0 Å². The SMILES string of the molecule is CCc1nnc(N(C)Cc2ncccn2)nc1CC. The molecule has 0 saturated carbocycles. The van der Waals surface area contributed by atoms with Crippen molar-refractivity contribution < 1.29 is 0 Å². The Morgan fingerprint density at radius 1 is 1.00 bits per heavy atom. The summed E-state index contributed by atoms with van der Waals surface area (Å²) >= 11 is 0. The van der Waals surface area contributed by atoms with E-state index in [4.69, 9.17) is 0 Å².